The Labute approximate surface area is 168 Å². The number of ether oxygens (including phenoxy) is 1. The van der Waals surface area contributed by atoms with Crippen molar-refractivity contribution in [3.8, 4) is 0 Å². The topological polar surface area (TPSA) is 166 Å². The van der Waals surface area contributed by atoms with Crippen LogP contribution in [-0.2, 0) is 27.0 Å². The zero-order chi connectivity index (χ0) is 21.0. The Bertz CT molecular complexity index is 868. The third kappa shape index (κ3) is 6.17. The molecule has 4 unspecified atom stereocenters. The fraction of sp³-hybridized carbons (Fsp3) is 0.714. The smallest absolute Gasteiger partial charge is 0.331 e. The second kappa shape index (κ2) is 10.6. The van der Waals surface area contributed by atoms with Crippen molar-refractivity contribution < 1.29 is 37.0 Å². The fourth-order valence-electron chi connectivity index (χ4n) is 3.55. The molecule has 1 aromatic heterocycles. The summed E-state index contributed by atoms with van der Waals surface area (Å²) in [5.41, 5.74) is -0.462. The van der Waals surface area contributed by atoms with Gasteiger partial charge in [0.15, 0.2) is 9.03 Å². The first-order valence-electron chi connectivity index (χ1n) is 9.02. The van der Waals surface area contributed by atoms with Gasteiger partial charge in [0.05, 0.1) is 12.7 Å². The van der Waals surface area contributed by atoms with E-state index in [1.54, 1.807) is 0 Å². The van der Waals surface area contributed by atoms with Gasteiger partial charge in [-0.1, -0.05) is 12.8 Å². The zero-order valence-corrected chi connectivity index (χ0v) is 18.2. The van der Waals surface area contributed by atoms with Gasteiger partial charge < -0.3 is 19.3 Å². The predicted octanol–water partition coefficient (Wildman–Crippen LogP) is 1.17. The molecule has 0 spiro atoms. The van der Waals surface area contributed by atoms with Gasteiger partial charge in [-0.2, -0.15) is 0 Å². The molecule has 0 amide bonds. The van der Waals surface area contributed by atoms with Crippen LogP contribution in [0.1, 0.15) is 49.8 Å². The van der Waals surface area contributed by atoms with E-state index in [2.05, 4.69) is 13.6 Å². The molecule has 1 aliphatic heterocycles. The third-order valence-electron chi connectivity index (χ3n) is 4.91. The predicted molar refractivity (Wildman–Crippen MR) is 104 cm³/mol. The van der Waals surface area contributed by atoms with Crippen LogP contribution in [0.5, 0.6) is 0 Å². The van der Waals surface area contributed by atoms with E-state index in [1.165, 1.54) is 10.8 Å². The quantitative estimate of drug-likeness (QED) is 0.351. The summed E-state index contributed by atoms with van der Waals surface area (Å²) in [6, 6.07) is 0. The van der Waals surface area contributed by atoms with Crippen LogP contribution in [0.3, 0.4) is 0 Å². The molecule has 1 saturated carbocycles. The van der Waals surface area contributed by atoms with Gasteiger partial charge in [-0.05, 0) is 18.8 Å². The minimum absolute atomic E-state index is 0.106. The first-order valence-corrected chi connectivity index (χ1v) is 12.3. The minimum Gasteiger partial charge on any atom is -0.390 e. The highest BCUT2D eigenvalue weighted by Gasteiger charge is 2.36. The van der Waals surface area contributed by atoms with Crippen molar-refractivity contribution in [2.75, 3.05) is 6.61 Å². The SMILES string of the molecule is O=c1[nH]c(=O)n([C@H]2C[C@@H](O)C(COPO[PH](=O)O[PH](=O)O)O2)cc1C1CCCC1. The van der Waals surface area contributed by atoms with Gasteiger partial charge in [-0.3, -0.25) is 27.8 Å². The Morgan fingerprint density at radius 2 is 2.03 bits per heavy atom. The average Bonchev–Trinajstić information content (AvgIpc) is 3.28. The summed E-state index contributed by atoms with van der Waals surface area (Å²) in [7, 11) is -7.25. The van der Waals surface area contributed by atoms with Crippen molar-refractivity contribution in [2.45, 2.75) is 56.5 Å². The molecular weight excluding hydrogens is 449 g/mol. The molecule has 1 aromatic rings. The summed E-state index contributed by atoms with van der Waals surface area (Å²) in [6.07, 6.45) is 3.04. The Morgan fingerprint density at radius 1 is 1.31 bits per heavy atom. The Kier molecular flexibility index (Phi) is 8.39. The van der Waals surface area contributed by atoms with Crippen LogP contribution in [0.2, 0.25) is 0 Å². The number of nitrogens with one attached hydrogen (secondary N) is 1. The number of nitrogens with zero attached hydrogens (tertiary/aromatic N) is 1. The summed E-state index contributed by atoms with van der Waals surface area (Å²) in [5, 5.41) is 10.2. The van der Waals surface area contributed by atoms with E-state index in [4.69, 9.17) is 14.2 Å². The summed E-state index contributed by atoms with van der Waals surface area (Å²) >= 11 is 0. The standard InChI is InChI=1S/C14H23N2O10P3/c17-10-5-12(24-11(10)7-23-27-25-29(22)26-28(20)21)16-6-9(8-3-1-2-4-8)13(18)15-14(16)19/h6,8,10-12,17,27-29H,1-5,7H2,(H,20,21)(H,15,18,19)/t10-,11?,12-/m1/s1. The molecule has 0 radical (unpaired) electrons. The lowest BCUT2D eigenvalue weighted by Crippen LogP contribution is -2.35. The Hall–Kier alpha value is -0.670. The minimum atomic E-state index is -3.36. The van der Waals surface area contributed by atoms with Crippen molar-refractivity contribution >= 4 is 25.5 Å². The number of aromatic nitrogens is 2. The first kappa shape index (κ1) is 23.0. The molecule has 2 heterocycles. The van der Waals surface area contributed by atoms with Crippen LogP contribution >= 0.6 is 25.5 Å². The summed E-state index contributed by atoms with van der Waals surface area (Å²) in [4.78, 5) is 35.2. The van der Waals surface area contributed by atoms with E-state index in [1.807, 2.05) is 0 Å². The van der Waals surface area contributed by atoms with Gasteiger partial charge >= 0.3 is 22.2 Å². The molecule has 3 rings (SSSR count). The molecule has 2 fully saturated rings. The van der Waals surface area contributed by atoms with E-state index in [-0.39, 0.29) is 18.9 Å². The van der Waals surface area contributed by atoms with E-state index < -0.39 is 55.2 Å². The van der Waals surface area contributed by atoms with E-state index in [0.717, 1.165) is 25.7 Å². The maximum absolute atomic E-state index is 12.2. The van der Waals surface area contributed by atoms with E-state index in [0.29, 0.717) is 5.56 Å². The molecule has 164 valence electrons. The molecule has 2 aliphatic rings. The lowest BCUT2D eigenvalue weighted by Gasteiger charge is -2.17. The summed E-state index contributed by atoms with van der Waals surface area (Å²) in [5.74, 6) is 0.106. The number of rotatable bonds is 9. The number of aliphatic hydroxyl groups excluding tert-OH is 1. The fourth-order valence-corrected chi connectivity index (χ4v) is 5.40. The number of hydrogen-bond acceptors (Lipinski definition) is 9. The molecule has 15 heteroatoms. The highest BCUT2D eigenvalue weighted by atomic mass is 31.2. The number of aliphatic hydroxyl groups is 1. The van der Waals surface area contributed by atoms with Crippen LogP contribution in [0, 0.1) is 0 Å². The second-order valence-electron chi connectivity index (χ2n) is 6.78. The number of hydrogen-bond donors (Lipinski definition) is 3. The summed E-state index contributed by atoms with van der Waals surface area (Å²) in [6.45, 7) is -0.118. The largest absolute Gasteiger partial charge is 0.390 e. The normalized spacial score (nSPS) is 27.7. The van der Waals surface area contributed by atoms with Crippen LogP contribution in [0.4, 0.5) is 0 Å². The van der Waals surface area contributed by atoms with Crippen LogP contribution < -0.4 is 11.2 Å². The van der Waals surface area contributed by atoms with Crippen molar-refractivity contribution in [2.24, 2.45) is 0 Å². The average molecular weight is 472 g/mol. The second-order valence-corrected chi connectivity index (χ2v) is 9.90. The Morgan fingerprint density at radius 3 is 2.72 bits per heavy atom. The number of H-pyrrole nitrogens is 1. The maximum Gasteiger partial charge on any atom is 0.331 e. The Balaban J connectivity index is 1.58. The third-order valence-corrected chi connectivity index (χ3v) is 7.56. The maximum atomic E-state index is 12.2. The highest BCUT2D eigenvalue weighted by molar-refractivity contribution is 7.51. The van der Waals surface area contributed by atoms with Gasteiger partial charge in [0.1, 0.15) is 12.3 Å². The molecule has 29 heavy (non-hydrogen) atoms. The van der Waals surface area contributed by atoms with Gasteiger partial charge in [0.25, 0.3) is 5.56 Å². The molecule has 3 N–H and O–H groups in total. The molecule has 1 aliphatic carbocycles. The van der Waals surface area contributed by atoms with Gasteiger partial charge in [0.2, 0.25) is 0 Å². The van der Waals surface area contributed by atoms with Crippen molar-refractivity contribution in [1.82, 2.24) is 9.55 Å². The summed E-state index contributed by atoms with van der Waals surface area (Å²) < 4.78 is 42.4. The number of aromatic amines is 1. The van der Waals surface area contributed by atoms with E-state index >= 15 is 0 Å². The van der Waals surface area contributed by atoms with Crippen LogP contribution in [0.25, 0.3) is 0 Å². The molecule has 1 saturated heterocycles. The van der Waals surface area contributed by atoms with Crippen molar-refractivity contribution in [1.29, 1.82) is 0 Å². The first-order chi connectivity index (χ1) is 13.8. The van der Waals surface area contributed by atoms with Crippen molar-refractivity contribution in [3.63, 3.8) is 0 Å². The molecule has 12 nitrogen and oxygen atoms in total. The lowest BCUT2D eigenvalue weighted by molar-refractivity contribution is -0.0398. The van der Waals surface area contributed by atoms with E-state index in [9.17, 15) is 23.8 Å². The highest BCUT2D eigenvalue weighted by Crippen LogP contribution is 2.42. The van der Waals surface area contributed by atoms with Crippen LogP contribution in [-0.4, -0.2) is 38.4 Å². The van der Waals surface area contributed by atoms with Gasteiger partial charge in [0, 0.05) is 18.2 Å². The van der Waals surface area contributed by atoms with Gasteiger partial charge in [-0.15, -0.1) is 0 Å². The zero-order valence-electron chi connectivity index (χ0n) is 15.2. The molecule has 0 aromatic carbocycles. The molecular formula is C14H23N2O10P3. The lowest BCUT2D eigenvalue weighted by atomic mass is 10.0. The van der Waals surface area contributed by atoms with Crippen LogP contribution in [0.15, 0.2) is 15.8 Å². The molecule has 6 atom stereocenters. The monoisotopic (exact) mass is 472 g/mol. The van der Waals surface area contributed by atoms with Gasteiger partial charge in [-0.25, -0.2) is 9.11 Å². The van der Waals surface area contributed by atoms with Crippen molar-refractivity contribution in [3.05, 3.63) is 32.6 Å². The molecule has 0 bridgehead atoms.